The third-order valence-electron chi connectivity index (χ3n) is 2.92. The van der Waals surface area contributed by atoms with E-state index in [1.165, 1.54) is 17.7 Å². The van der Waals surface area contributed by atoms with E-state index in [1.54, 1.807) is 31.3 Å². The van der Waals surface area contributed by atoms with Crippen molar-refractivity contribution >= 4 is 5.69 Å². The van der Waals surface area contributed by atoms with Crippen molar-refractivity contribution in [1.82, 2.24) is 9.13 Å². The molecule has 2 N–H and O–H groups in total. The van der Waals surface area contributed by atoms with Crippen molar-refractivity contribution in [2.45, 2.75) is 6.61 Å². The summed E-state index contributed by atoms with van der Waals surface area (Å²) in [6.07, 6.45) is 0. The molecule has 0 bridgehead atoms. The quantitative estimate of drug-likeness (QED) is 0.803. The first-order valence-corrected chi connectivity index (χ1v) is 5.74. The molecule has 0 fully saturated rings. The Labute approximate surface area is 109 Å². The predicted molar refractivity (Wildman–Crippen MR) is 72.1 cm³/mol. The lowest BCUT2D eigenvalue weighted by molar-refractivity contribution is 0.295. The molecule has 2 aromatic rings. The van der Waals surface area contributed by atoms with Gasteiger partial charge in [-0.2, -0.15) is 0 Å². The smallest absolute Gasteiger partial charge is 0.330 e. The van der Waals surface area contributed by atoms with Crippen LogP contribution in [0.15, 0.2) is 39.9 Å². The standard InChI is InChI=1S/C13H15N3O3/c1-15-9(7-12(17)16(2)13(15)18)8-19-11-6-4-3-5-10(11)14/h3-7H,8,14H2,1-2H3. The molecule has 2 rings (SSSR count). The van der Waals surface area contributed by atoms with Crippen LogP contribution in [0.5, 0.6) is 5.75 Å². The number of para-hydroxylation sites is 2. The number of anilines is 1. The van der Waals surface area contributed by atoms with Gasteiger partial charge in [0.05, 0.1) is 11.4 Å². The number of nitrogens with zero attached hydrogens (tertiary/aromatic N) is 2. The number of benzene rings is 1. The van der Waals surface area contributed by atoms with Gasteiger partial charge in [0.1, 0.15) is 12.4 Å². The third-order valence-corrected chi connectivity index (χ3v) is 2.92. The summed E-state index contributed by atoms with van der Waals surface area (Å²) in [7, 11) is 3.03. The Kier molecular flexibility index (Phi) is 3.41. The lowest BCUT2D eigenvalue weighted by atomic mass is 10.3. The number of rotatable bonds is 3. The molecule has 0 saturated carbocycles. The zero-order valence-corrected chi connectivity index (χ0v) is 10.8. The minimum absolute atomic E-state index is 0.107. The number of nitrogen functional groups attached to an aromatic ring is 1. The summed E-state index contributed by atoms with van der Waals surface area (Å²) in [5, 5.41) is 0. The van der Waals surface area contributed by atoms with Gasteiger partial charge in [-0.25, -0.2) is 4.79 Å². The molecular formula is C13H15N3O3. The monoisotopic (exact) mass is 261 g/mol. The SMILES string of the molecule is Cn1c(COc2ccccc2N)cc(=O)n(C)c1=O. The van der Waals surface area contributed by atoms with Crippen molar-refractivity contribution in [1.29, 1.82) is 0 Å². The van der Waals surface area contributed by atoms with Crippen LogP contribution in [0.2, 0.25) is 0 Å². The molecular weight excluding hydrogens is 246 g/mol. The van der Waals surface area contributed by atoms with Gasteiger partial charge in [0, 0.05) is 20.2 Å². The number of nitrogens with two attached hydrogens (primary N) is 1. The van der Waals surface area contributed by atoms with Gasteiger partial charge in [-0.15, -0.1) is 0 Å². The lowest BCUT2D eigenvalue weighted by Crippen LogP contribution is -2.38. The van der Waals surface area contributed by atoms with Gasteiger partial charge in [0.15, 0.2) is 0 Å². The lowest BCUT2D eigenvalue weighted by Gasteiger charge is -2.12. The summed E-state index contributed by atoms with van der Waals surface area (Å²) in [5.41, 5.74) is 6.01. The summed E-state index contributed by atoms with van der Waals surface area (Å²) in [5.74, 6) is 0.524. The highest BCUT2D eigenvalue weighted by Gasteiger charge is 2.07. The largest absolute Gasteiger partial charge is 0.485 e. The average Bonchev–Trinajstić information content (AvgIpc) is 2.40. The fourth-order valence-electron chi connectivity index (χ4n) is 1.68. The zero-order valence-electron chi connectivity index (χ0n) is 10.8. The van der Waals surface area contributed by atoms with E-state index in [1.807, 2.05) is 0 Å². The maximum atomic E-state index is 11.7. The van der Waals surface area contributed by atoms with Gasteiger partial charge in [-0.1, -0.05) is 12.1 Å². The molecule has 0 atom stereocenters. The third kappa shape index (κ3) is 2.52. The predicted octanol–water partition coefficient (Wildman–Crippen LogP) is 0.245. The van der Waals surface area contributed by atoms with Crippen LogP contribution in [-0.2, 0) is 20.7 Å². The van der Waals surface area contributed by atoms with Crippen LogP contribution in [-0.4, -0.2) is 9.13 Å². The summed E-state index contributed by atoms with van der Waals surface area (Å²) in [6.45, 7) is 0.107. The Hall–Kier alpha value is -2.50. The van der Waals surface area contributed by atoms with E-state index in [0.717, 1.165) is 4.57 Å². The Morgan fingerprint density at radius 1 is 1.16 bits per heavy atom. The van der Waals surface area contributed by atoms with E-state index >= 15 is 0 Å². The van der Waals surface area contributed by atoms with E-state index in [-0.39, 0.29) is 17.9 Å². The molecule has 6 nitrogen and oxygen atoms in total. The summed E-state index contributed by atoms with van der Waals surface area (Å²) < 4.78 is 7.94. The number of aromatic nitrogens is 2. The molecule has 0 unspecified atom stereocenters. The number of ether oxygens (including phenoxy) is 1. The molecule has 19 heavy (non-hydrogen) atoms. The molecule has 1 aromatic carbocycles. The fourth-order valence-corrected chi connectivity index (χ4v) is 1.68. The molecule has 0 saturated heterocycles. The van der Waals surface area contributed by atoms with Crippen LogP contribution in [0.1, 0.15) is 5.69 Å². The fraction of sp³-hybridized carbons (Fsp3) is 0.231. The van der Waals surface area contributed by atoms with Crippen LogP contribution in [0.3, 0.4) is 0 Å². The van der Waals surface area contributed by atoms with Crippen molar-refractivity contribution in [2.75, 3.05) is 5.73 Å². The van der Waals surface area contributed by atoms with Crippen molar-refractivity contribution < 1.29 is 4.74 Å². The molecule has 0 spiro atoms. The molecule has 0 amide bonds. The first-order chi connectivity index (χ1) is 9.00. The second-order valence-electron chi connectivity index (χ2n) is 4.20. The Balaban J connectivity index is 2.29. The van der Waals surface area contributed by atoms with E-state index in [4.69, 9.17) is 10.5 Å². The zero-order chi connectivity index (χ0) is 14.0. The van der Waals surface area contributed by atoms with Crippen LogP contribution < -0.4 is 21.7 Å². The van der Waals surface area contributed by atoms with Gasteiger partial charge in [0.25, 0.3) is 5.56 Å². The van der Waals surface area contributed by atoms with Crippen LogP contribution in [0.25, 0.3) is 0 Å². The Bertz CT molecular complexity index is 716. The molecule has 0 aliphatic rings. The van der Waals surface area contributed by atoms with Crippen LogP contribution in [0.4, 0.5) is 5.69 Å². The van der Waals surface area contributed by atoms with E-state index in [9.17, 15) is 9.59 Å². The molecule has 1 aromatic heterocycles. The molecule has 1 heterocycles. The molecule has 0 radical (unpaired) electrons. The van der Waals surface area contributed by atoms with Crippen LogP contribution >= 0.6 is 0 Å². The first-order valence-electron chi connectivity index (χ1n) is 5.74. The highest BCUT2D eigenvalue weighted by molar-refractivity contribution is 5.51. The van der Waals surface area contributed by atoms with Crippen LogP contribution in [0, 0.1) is 0 Å². The summed E-state index contributed by atoms with van der Waals surface area (Å²) in [4.78, 5) is 23.3. The summed E-state index contributed by atoms with van der Waals surface area (Å²) in [6, 6.07) is 8.43. The van der Waals surface area contributed by atoms with Gasteiger partial charge in [-0.05, 0) is 12.1 Å². The average molecular weight is 261 g/mol. The second kappa shape index (κ2) is 5.01. The Morgan fingerprint density at radius 2 is 1.84 bits per heavy atom. The number of hydrogen-bond acceptors (Lipinski definition) is 4. The topological polar surface area (TPSA) is 79.2 Å². The second-order valence-corrected chi connectivity index (χ2v) is 4.20. The molecule has 0 aliphatic heterocycles. The van der Waals surface area contributed by atoms with Gasteiger partial charge >= 0.3 is 5.69 Å². The summed E-state index contributed by atoms with van der Waals surface area (Å²) >= 11 is 0. The first kappa shape index (κ1) is 12.9. The van der Waals surface area contributed by atoms with E-state index in [2.05, 4.69) is 0 Å². The molecule has 0 aliphatic carbocycles. The highest BCUT2D eigenvalue weighted by atomic mass is 16.5. The van der Waals surface area contributed by atoms with Gasteiger partial charge < -0.3 is 10.5 Å². The van der Waals surface area contributed by atoms with Gasteiger partial charge in [-0.3, -0.25) is 13.9 Å². The molecule has 6 heteroatoms. The molecule has 100 valence electrons. The highest BCUT2D eigenvalue weighted by Crippen LogP contribution is 2.20. The normalized spacial score (nSPS) is 10.4. The van der Waals surface area contributed by atoms with E-state index in [0.29, 0.717) is 17.1 Å². The van der Waals surface area contributed by atoms with Crippen molar-refractivity contribution in [3.05, 3.63) is 56.9 Å². The Morgan fingerprint density at radius 3 is 2.53 bits per heavy atom. The maximum absolute atomic E-state index is 11.7. The minimum atomic E-state index is -0.382. The van der Waals surface area contributed by atoms with Crippen molar-refractivity contribution in [3.8, 4) is 5.75 Å². The van der Waals surface area contributed by atoms with Crippen molar-refractivity contribution in [3.63, 3.8) is 0 Å². The minimum Gasteiger partial charge on any atom is -0.485 e. The van der Waals surface area contributed by atoms with Crippen molar-refractivity contribution in [2.24, 2.45) is 14.1 Å². The van der Waals surface area contributed by atoms with E-state index < -0.39 is 0 Å². The maximum Gasteiger partial charge on any atom is 0.330 e. The van der Waals surface area contributed by atoms with Gasteiger partial charge in [0.2, 0.25) is 0 Å². The number of hydrogen-bond donors (Lipinski definition) is 1.